The van der Waals surface area contributed by atoms with E-state index < -0.39 is 41.6 Å². The number of allylic oxidation sites excluding steroid dienone is 1. The van der Waals surface area contributed by atoms with Crippen LogP contribution in [-0.4, -0.2) is 87.1 Å². The number of hydrogen-bond donors (Lipinski definition) is 1. The van der Waals surface area contributed by atoms with Crippen molar-refractivity contribution in [2.75, 3.05) is 19.8 Å². The summed E-state index contributed by atoms with van der Waals surface area (Å²) in [4.78, 5) is 45.6. The Balaban J connectivity index is 1.70. The van der Waals surface area contributed by atoms with Gasteiger partial charge in [-0.3, -0.25) is 14.4 Å². The summed E-state index contributed by atoms with van der Waals surface area (Å²) in [6.45, 7) is 11.9. The van der Waals surface area contributed by atoms with Gasteiger partial charge in [-0.05, 0) is 44.4 Å². The highest BCUT2D eigenvalue weighted by molar-refractivity contribution is 9.09. The number of likely N-dealkylation sites (tertiary alicyclic amines) is 1. The second-order valence-electron chi connectivity index (χ2n) is 11.9. The first-order valence-electron chi connectivity index (χ1n) is 14.7. The Morgan fingerprint density at radius 1 is 1.23 bits per heavy atom. The maximum atomic E-state index is 14.6. The number of aliphatic hydroxyl groups is 1. The molecule has 3 unspecified atom stereocenters. The Hall–Kier alpha value is -1.71. The van der Waals surface area contributed by atoms with Gasteiger partial charge >= 0.3 is 5.97 Å². The van der Waals surface area contributed by atoms with E-state index in [-0.39, 0.29) is 41.8 Å². The van der Waals surface area contributed by atoms with Crippen molar-refractivity contribution in [2.45, 2.75) is 106 Å². The van der Waals surface area contributed by atoms with Crippen LogP contribution in [-0.2, 0) is 23.9 Å². The summed E-state index contributed by atoms with van der Waals surface area (Å²) in [5, 5.41) is 10.4. The lowest BCUT2D eigenvalue weighted by Crippen LogP contribution is -2.61. The van der Waals surface area contributed by atoms with E-state index in [1.54, 1.807) is 11.0 Å². The third kappa shape index (κ3) is 5.47. The lowest BCUT2D eigenvalue weighted by Gasteiger charge is -2.43. The molecule has 1 spiro atoms. The minimum atomic E-state index is -1.16. The zero-order valence-corrected chi connectivity index (χ0v) is 25.0. The van der Waals surface area contributed by atoms with Gasteiger partial charge in [0.15, 0.2) is 0 Å². The van der Waals surface area contributed by atoms with E-state index >= 15 is 0 Å². The van der Waals surface area contributed by atoms with Gasteiger partial charge in [0.05, 0.1) is 37.2 Å². The summed E-state index contributed by atoms with van der Waals surface area (Å²) in [6.07, 6.45) is 11.0. The second kappa shape index (κ2) is 12.9. The first-order valence-corrected chi connectivity index (χ1v) is 15.6. The number of hydrogen-bond acceptors (Lipinski definition) is 6. The van der Waals surface area contributed by atoms with Gasteiger partial charge in [0.25, 0.3) is 0 Å². The predicted octanol–water partition coefficient (Wildman–Crippen LogP) is 4.00. The molecule has 39 heavy (non-hydrogen) atoms. The first-order chi connectivity index (χ1) is 18.7. The fraction of sp³-hybridized carbons (Fsp3) is 0.767. The van der Waals surface area contributed by atoms with Crippen molar-refractivity contribution in [1.82, 2.24) is 9.80 Å². The third-order valence-corrected chi connectivity index (χ3v) is 10.1. The molecular weight excluding hydrogens is 564 g/mol. The van der Waals surface area contributed by atoms with Crippen molar-refractivity contribution in [1.29, 1.82) is 0 Å². The summed E-state index contributed by atoms with van der Waals surface area (Å²) in [5.74, 6) is -2.63. The maximum Gasteiger partial charge on any atom is 0.312 e. The molecule has 4 aliphatic rings. The van der Waals surface area contributed by atoms with Crippen LogP contribution in [0.15, 0.2) is 25.3 Å². The van der Waals surface area contributed by atoms with E-state index in [0.29, 0.717) is 19.4 Å². The molecule has 4 fully saturated rings. The van der Waals surface area contributed by atoms with Crippen molar-refractivity contribution in [3.05, 3.63) is 25.3 Å². The molecule has 7 atom stereocenters. The number of rotatable bonds is 13. The molecule has 3 saturated heterocycles. The molecule has 1 aliphatic carbocycles. The quantitative estimate of drug-likeness (QED) is 0.147. The van der Waals surface area contributed by atoms with Crippen molar-refractivity contribution >= 4 is 33.7 Å². The van der Waals surface area contributed by atoms with Crippen LogP contribution >= 0.6 is 15.9 Å². The van der Waals surface area contributed by atoms with Gasteiger partial charge in [-0.15, -0.1) is 13.2 Å². The highest BCUT2D eigenvalue weighted by atomic mass is 79.9. The Morgan fingerprint density at radius 3 is 2.56 bits per heavy atom. The van der Waals surface area contributed by atoms with Crippen LogP contribution < -0.4 is 0 Å². The number of unbranched alkanes of at least 4 members (excludes halogenated alkanes) is 2. The molecule has 3 heterocycles. The van der Waals surface area contributed by atoms with E-state index in [1.807, 2.05) is 24.8 Å². The minimum absolute atomic E-state index is 0.0676. The topological polar surface area (TPSA) is 96.4 Å². The predicted molar refractivity (Wildman–Crippen MR) is 152 cm³/mol. The summed E-state index contributed by atoms with van der Waals surface area (Å²) in [5.41, 5.74) is -1.16. The minimum Gasteiger partial charge on any atom is -0.465 e. The zero-order valence-electron chi connectivity index (χ0n) is 23.4. The number of carbonyl (C=O) groups is 3. The molecule has 1 saturated carbocycles. The number of nitrogens with zero attached hydrogens (tertiary/aromatic N) is 2. The maximum absolute atomic E-state index is 14.6. The van der Waals surface area contributed by atoms with Gasteiger partial charge in [0.1, 0.15) is 11.6 Å². The molecule has 2 amide bonds. The molecule has 3 aliphatic heterocycles. The lowest BCUT2D eigenvalue weighted by molar-refractivity contribution is -0.157. The normalized spacial score (nSPS) is 32.8. The van der Waals surface area contributed by atoms with Gasteiger partial charge < -0.3 is 24.4 Å². The molecule has 0 aromatic rings. The SMILES string of the molecule is C=CCCCCOC(=O)[C@H]1[C@@H]2OC3(CC2Br)C(C(=O)N(CC=C)C2CCCCC2)N([C@@H](CO)C(C)C)C(=O)[C@H]13. The van der Waals surface area contributed by atoms with Crippen LogP contribution in [0.4, 0.5) is 0 Å². The molecule has 2 bridgehead atoms. The van der Waals surface area contributed by atoms with Gasteiger partial charge in [0, 0.05) is 17.4 Å². The van der Waals surface area contributed by atoms with Crippen molar-refractivity contribution in [3.8, 4) is 0 Å². The third-order valence-electron chi connectivity index (χ3n) is 9.22. The van der Waals surface area contributed by atoms with Gasteiger partial charge in [-0.2, -0.15) is 0 Å². The largest absolute Gasteiger partial charge is 0.465 e. The van der Waals surface area contributed by atoms with Crippen LogP contribution in [0.25, 0.3) is 0 Å². The van der Waals surface area contributed by atoms with Gasteiger partial charge in [-0.1, -0.05) is 61.2 Å². The smallest absolute Gasteiger partial charge is 0.312 e. The number of esters is 1. The first kappa shape index (κ1) is 30.3. The fourth-order valence-electron chi connectivity index (χ4n) is 7.36. The van der Waals surface area contributed by atoms with Crippen LogP contribution in [0.1, 0.15) is 71.6 Å². The molecule has 1 N–H and O–H groups in total. The zero-order chi connectivity index (χ0) is 28.3. The Bertz CT molecular complexity index is 936. The number of alkyl halides is 1. The number of amides is 2. The van der Waals surface area contributed by atoms with Crippen LogP contribution in [0.5, 0.6) is 0 Å². The highest BCUT2D eigenvalue weighted by Gasteiger charge is 2.77. The molecule has 9 heteroatoms. The molecule has 0 aromatic heterocycles. The monoisotopic (exact) mass is 608 g/mol. The highest BCUT2D eigenvalue weighted by Crippen LogP contribution is 2.61. The van der Waals surface area contributed by atoms with E-state index in [0.717, 1.165) is 44.9 Å². The number of ether oxygens (including phenoxy) is 2. The molecule has 218 valence electrons. The van der Waals surface area contributed by atoms with Crippen molar-refractivity contribution in [3.63, 3.8) is 0 Å². The van der Waals surface area contributed by atoms with E-state index in [4.69, 9.17) is 9.47 Å². The molecule has 8 nitrogen and oxygen atoms in total. The summed E-state index contributed by atoms with van der Waals surface area (Å²) < 4.78 is 12.3. The number of fused-ring (bicyclic) bond motifs is 1. The molecule has 4 rings (SSSR count). The van der Waals surface area contributed by atoms with Crippen LogP contribution in [0.3, 0.4) is 0 Å². The Kier molecular flexibility index (Phi) is 9.97. The number of halogens is 1. The number of carbonyl (C=O) groups excluding carboxylic acids is 3. The summed E-state index contributed by atoms with van der Waals surface area (Å²) in [7, 11) is 0. The standard InChI is InChI=1S/C30H45BrN2O6/c1-5-7-8-12-16-38-29(37)23-24-27(35)33(22(18-34)19(3)4)26(30(24)17-21(31)25(23)39-30)28(36)32(15-6-2)20-13-10-9-11-14-20/h5-6,19-26,34H,1-2,7-18H2,3-4H3/t21?,22-,23+,24-,25+,26?,30?/m0/s1. The van der Waals surface area contributed by atoms with E-state index in [2.05, 4.69) is 29.1 Å². The molecule has 0 aromatic carbocycles. The fourth-order valence-corrected chi connectivity index (χ4v) is 8.30. The molecule has 0 radical (unpaired) electrons. The lowest BCUT2D eigenvalue weighted by atomic mass is 9.70. The molecular formula is C30H45BrN2O6. The average molecular weight is 610 g/mol. The Morgan fingerprint density at radius 2 is 1.95 bits per heavy atom. The van der Waals surface area contributed by atoms with E-state index in [9.17, 15) is 19.5 Å². The summed E-state index contributed by atoms with van der Waals surface area (Å²) in [6, 6.07) is -1.43. The van der Waals surface area contributed by atoms with Crippen LogP contribution in [0, 0.1) is 17.8 Å². The van der Waals surface area contributed by atoms with Crippen molar-refractivity contribution < 1.29 is 29.0 Å². The summed E-state index contributed by atoms with van der Waals surface area (Å²) >= 11 is 3.72. The average Bonchev–Trinajstić information content (AvgIpc) is 3.51. The Labute approximate surface area is 241 Å². The van der Waals surface area contributed by atoms with Crippen LogP contribution in [0.2, 0.25) is 0 Å². The van der Waals surface area contributed by atoms with Gasteiger partial charge in [-0.25, -0.2) is 0 Å². The number of aliphatic hydroxyl groups excluding tert-OH is 1. The van der Waals surface area contributed by atoms with Gasteiger partial charge in [0.2, 0.25) is 11.8 Å². The van der Waals surface area contributed by atoms with Crippen molar-refractivity contribution in [2.24, 2.45) is 17.8 Å². The van der Waals surface area contributed by atoms with E-state index in [1.165, 1.54) is 0 Å². The second-order valence-corrected chi connectivity index (χ2v) is 13.1.